The molecule has 224 valence electrons. The molecular formula is C32H34ClN5O5. The number of hydrogen-bond acceptors (Lipinski definition) is 8. The number of methoxy groups -OCH3 is 2. The number of aliphatic hydroxyl groups is 1. The third-order valence-electron chi connectivity index (χ3n) is 7.70. The molecule has 3 N–H and O–H groups in total. The smallest absolute Gasteiger partial charge is 0.279 e. The summed E-state index contributed by atoms with van der Waals surface area (Å²) in [6, 6.07) is 16.2. The summed E-state index contributed by atoms with van der Waals surface area (Å²) in [6.07, 6.45) is 4.95. The summed E-state index contributed by atoms with van der Waals surface area (Å²) in [6.45, 7) is 0.521. The highest BCUT2D eigenvalue weighted by Gasteiger charge is 2.23. The maximum atomic E-state index is 13.0. The zero-order chi connectivity index (χ0) is 30.5. The summed E-state index contributed by atoms with van der Waals surface area (Å²) in [5, 5.41) is 20.9. The summed E-state index contributed by atoms with van der Waals surface area (Å²) in [5.41, 5.74) is 3.34. The van der Waals surface area contributed by atoms with Crippen molar-refractivity contribution < 1.29 is 19.4 Å². The fourth-order valence-corrected chi connectivity index (χ4v) is 5.72. The van der Waals surface area contributed by atoms with E-state index in [1.807, 2.05) is 36.4 Å². The molecule has 10 nitrogen and oxygen atoms in total. The highest BCUT2D eigenvalue weighted by atomic mass is 35.5. The summed E-state index contributed by atoms with van der Waals surface area (Å²) >= 11 is 7.00. The van der Waals surface area contributed by atoms with Crippen LogP contribution in [-0.2, 0) is 13.6 Å². The van der Waals surface area contributed by atoms with Crippen LogP contribution in [0, 0.1) is 0 Å². The van der Waals surface area contributed by atoms with Crippen molar-refractivity contribution in [1.29, 1.82) is 0 Å². The monoisotopic (exact) mass is 603 g/mol. The standard InChI is InChI=1S/C32H34ClN5O5/c1-38-32(41)23(16-17-35-38)30(40)36-26-12-7-9-21(29(26)42-2)20-8-6-10-22(28(20)33)24-15-14-19(31(37-24)43-3)18-34-25-11-4-5-13-27(25)39/h6-10,12,14-17,25,27,34,39H,4-5,11,13,18H2,1-3H3,(H,36,40)/t25?,27-/m0/s1. The molecule has 1 aliphatic carbocycles. The summed E-state index contributed by atoms with van der Waals surface area (Å²) in [4.78, 5) is 30.1. The van der Waals surface area contributed by atoms with E-state index in [1.165, 1.54) is 26.4 Å². The van der Waals surface area contributed by atoms with Gasteiger partial charge in [0, 0.05) is 48.1 Å². The quantitative estimate of drug-likeness (QED) is 0.248. The molecule has 1 unspecified atom stereocenters. The van der Waals surface area contributed by atoms with Crippen LogP contribution in [-0.4, -0.2) is 52.1 Å². The van der Waals surface area contributed by atoms with E-state index < -0.39 is 11.5 Å². The molecule has 0 bridgehead atoms. The second-order valence-corrected chi connectivity index (χ2v) is 10.8. The molecule has 2 heterocycles. The Morgan fingerprint density at radius 3 is 2.53 bits per heavy atom. The lowest BCUT2D eigenvalue weighted by atomic mass is 9.92. The number of halogens is 1. The number of carbonyl (C=O) groups is 1. The van der Waals surface area contributed by atoms with Gasteiger partial charge in [0.05, 0.1) is 36.7 Å². The predicted octanol–water partition coefficient (Wildman–Crippen LogP) is 4.83. The van der Waals surface area contributed by atoms with E-state index in [-0.39, 0.29) is 17.7 Å². The number of nitrogens with zero attached hydrogens (tertiary/aromatic N) is 3. The van der Waals surface area contributed by atoms with Gasteiger partial charge in [-0.15, -0.1) is 0 Å². The first kappa shape index (κ1) is 30.2. The van der Waals surface area contributed by atoms with Crippen molar-refractivity contribution in [3.8, 4) is 34.0 Å². The topological polar surface area (TPSA) is 128 Å². The van der Waals surface area contributed by atoms with Crippen LogP contribution in [0.4, 0.5) is 5.69 Å². The second kappa shape index (κ2) is 13.4. The van der Waals surface area contributed by atoms with Crippen LogP contribution in [0.5, 0.6) is 11.6 Å². The molecule has 2 aromatic carbocycles. The Morgan fingerprint density at radius 1 is 1.02 bits per heavy atom. The summed E-state index contributed by atoms with van der Waals surface area (Å²) in [7, 11) is 4.56. The van der Waals surface area contributed by atoms with E-state index in [0.29, 0.717) is 51.3 Å². The number of anilines is 1. The Bertz CT molecular complexity index is 1690. The van der Waals surface area contributed by atoms with Crippen molar-refractivity contribution in [2.45, 2.75) is 44.4 Å². The van der Waals surface area contributed by atoms with E-state index >= 15 is 0 Å². The molecule has 0 saturated heterocycles. The van der Waals surface area contributed by atoms with Crippen molar-refractivity contribution in [1.82, 2.24) is 20.1 Å². The van der Waals surface area contributed by atoms with Gasteiger partial charge in [-0.3, -0.25) is 9.59 Å². The average molecular weight is 604 g/mol. The molecule has 2 aromatic heterocycles. The first-order chi connectivity index (χ1) is 20.8. The number of pyridine rings is 1. The Labute approximate surface area is 254 Å². The zero-order valence-corrected chi connectivity index (χ0v) is 25.0. The molecule has 43 heavy (non-hydrogen) atoms. The Balaban J connectivity index is 1.44. The Kier molecular flexibility index (Phi) is 9.40. The number of para-hydroxylation sites is 1. The zero-order valence-electron chi connectivity index (χ0n) is 24.3. The van der Waals surface area contributed by atoms with Crippen molar-refractivity contribution in [3.63, 3.8) is 0 Å². The van der Waals surface area contributed by atoms with Gasteiger partial charge < -0.3 is 25.2 Å². The van der Waals surface area contributed by atoms with Crippen molar-refractivity contribution in [2.75, 3.05) is 19.5 Å². The summed E-state index contributed by atoms with van der Waals surface area (Å²) < 4.78 is 12.5. The third-order valence-corrected chi connectivity index (χ3v) is 8.11. The van der Waals surface area contributed by atoms with Crippen LogP contribution in [0.2, 0.25) is 5.02 Å². The summed E-state index contributed by atoms with van der Waals surface area (Å²) in [5.74, 6) is 0.279. The highest BCUT2D eigenvalue weighted by molar-refractivity contribution is 6.36. The molecular weight excluding hydrogens is 570 g/mol. The van der Waals surface area contributed by atoms with Crippen LogP contribution >= 0.6 is 11.6 Å². The first-order valence-corrected chi connectivity index (χ1v) is 14.5. The highest BCUT2D eigenvalue weighted by Crippen LogP contribution is 2.43. The maximum Gasteiger partial charge on any atom is 0.279 e. The molecule has 5 rings (SSSR count). The van der Waals surface area contributed by atoms with E-state index in [4.69, 9.17) is 26.1 Å². The normalized spacial score (nSPS) is 16.5. The van der Waals surface area contributed by atoms with E-state index in [9.17, 15) is 14.7 Å². The average Bonchev–Trinajstić information content (AvgIpc) is 3.02. The number of amides is 1. The lowest BCUT2D eigenvalue weighted by Crippen LogP contribution is -2.41. The fraction of sp³-hybridized carbons (Fsp3) is 0.312. The minimum Gasteiger partial charge on any atom is -0.494 e. The van der Waals surface area contributed by atoms with Gasteiger partial charge >= 0.3 is 0 Å². The van der Waals surface area contributed by atoms with Gasteiger partial charge in [0.25, 0.3) is 11.5 Å². The van der Waals surface area contributed by atoms with Gasteiger partial charge in [0.2, 0.25) is 5.88 Å². The number of carbonyl (C=O) groups excluding carboxylic acids is 1. The Morgan fingerprint density at radius 2 is 1.77 bits per heavy atom. The van der Waals surface area contributed by atoms with Gasteiger partial charge in [-0.25, -0.2) is 9.67 Å². The lowest BCUT2D eigenvalue weighted by Gasteiger charge is -2.28. The van der Waals surface area contributed by atoms with Gasteiger partial charge in [-0.05, 0) is 31.0 Å². The van der Waals surface area contributed by atoms with Gasteiger partial charge in [-0.1, -0.05) is 60.8 Å². The largest absolute Gasteiger partial charge is 0.494 e. The number of aryl methyl sites for hydroxylation is 1. The molecule has 0 radical (unpaired) electrons. The van der Waals surface area contributed by atoms with Gasteiger partial charge in [0.1, 0.15) is 11.3 Å². The molecule has 1 fully saturated rings. The van der Waals surface area contributed by atoms with Crippen molar-refractivity contribution >= 4 is 23.2 Å². The molecule has 4 aromatic rings. The molecule has 1 amide bonds. The minimum absolute atomic E-state index is 0.0430. The van der Waals surface area contributed by atoms with Crippen molar-refractivity contribution in [3.05, 3.63) is 87.3 Å². The van der Waals surface area contributed by atoms with Crippen LogP contribution in [0.1, 0.15) is 41.6 Å². The van der Waals surface area contributed by atoms with Gasteiger partial charge in [0.15, 0.2) is 0 Å². The molecule has 0 aliphatic heterocycles. The van der Waals surface area contributed by atoms with Crippen LogP contribution in [0.15, 0.2) is 65.6 Å². The van der Waals surface area contributed by atoms with Crippen molar-refractivity contribution in [2.24, 2.45) is 7.05 Å². The van der Waals surface area contributed by atoms with E-state index in [2.05, 4.69) is 15.7 Å². The molecule has 1 saturated carbocycles. The first-order valence-electron chi connectivity index (χ1n) is 14.1. The molecule has 1 aliphatic rings. The number of aromatic nitrogens is 3. The molecule has 2 atom stereocenters. The van der Waals surface area contributed by atoms with E-state index in [1.54, 1.807) is 19.2 Å². The number of nitrogens with one attached hydrogen (secondary N) is 2. The third kappa shape index (κ3) is 6.41. The predicted molar refractivity (Wildman–Crippen MR) is 166 cm³/mol. The number of hydrogen-bond donors (Lipinski definition) is 3. The van der Waals surface area contributed by atoms with Gasteiger partial charge in [-0.2, -0.15) is 5.10 Å². The number of rotatable bonds is 9. The molecule has 11 heteroatoms. The number of benzene rings is 2. The van der Waals surface area contributed by atoms with Crippen LogP contribution in [0.3, 0.4) is 0 Å². The SMILES string of the molecule is COc1nc(-c2cccc(-c3cccc(NC(=O)c4ccnn(C)c4=O)c3OC)c2Cl)ccc1CNC1CCCC[C@@H]1O. The molecule has 0 spiro atoms. The van der Waals surface area contributed by atoms with Crippen LogP contribution in [0.25, 0.3) is 22.4 Å². The maximum absolute atomic E-state index is 13.0. The second-order valence-electron chi connectivity index (χ2n) is 10.4. The lowest BCUT2D eigenvalue weighted by molar-refractivity contribution is 0.0901. The number of ether oxygens (including phenoxy) is 2. The number of aliphatic hydroxyl groups excluding tert-OH is 1. The Hall–Kier alpha value is -4.25. The van der Waals surface area contributed by atoms with Crippen LogP contribution < -0.4 is 25.7 Å². The minimum atomic E-state index is -0.581. The van der Waals surface area contributed by atoms with E-state index in [0.717, 1.165) is 35.9 Å². The fourth-order valence-electron chi connectivity index (χ4n) is 5.39.